The second-order valence-electron chi connectivity index (χ2n) is 3.53. The Labute approximate surface area is 108 Å². The van der Waals surface area contributed by atoms with E-state index in [4.69, 9.17) is 0 Å². The van der Waals surface area contributed by atoms with Crippen LogP contribution < -0.4 is 10.6 Å². The second kappa shape index (κ2) is 6.26. The SMILES string of the molecule is CCOC(=O)CNc1cc(C(F)(F)F)cc(NC)n1. The standard InChI is InChI=1S/C11H14F3N3O2/c1-3-19-10(18)6-16-9-5-7(11(12,13)14)4-8(15-2)17-9/h4-5H,3,6H2,1-2H3,(H2,15,16,17). The lowest BCUT2D eigenvalue weighted by molar-refractivity contribution is -0.141. The zero-order valence-corrected chi connectivity index (χ0v) is 10.5. The van der Waals surface area contributed by atoms with Crippen molar-refractivity contribution in [3.05, 3.63) is 17.7 Å². The molecule has 0 aromatic carbocycles. The van der Waals surface area contributed by atoms with Crippen LogP contribution in [0.3, 0.4) is 0 Å². The highest BCUT2D eigenvalue weighted by Gasteiger charge is 2.31. The summed E-state index contributed by atoms with van der Waals surface area (Å²) in [4.78, 5) is 15.0. The summed E-state index contributed by atoms with van der Waals surface area (Å²) in [6, 6.07) is 1.72. The minimum absolute atomic E-state index is 0.0489. The number of anilines is 2. The molecule has 0 aliphatic rings. The van der Waals surface area contributed by atoms with Crippen molar-refractivity contribution in [1.82, 2.24) is 4.98 Å². The zero-order chi connectivity index (χ0) is 14.5. The highest BCUT2D eigenvalue weighted by Crippen LogP contribution is 2.31. The largest absolute Gasteiger partial charge is 0.465 e. The number of carbonyl (C=O) groups is 1. The molecule has 0 saturated carbocycles. The normalized spacial score (nSPS) is 11.0. The fraction of sp³-hybridized carbons (Fsp3) is 0.455. The number of nitrogens with one attached hydrogen (secondary N) is 2. The van der Waals surface area contributed by atoms with E-state index in [1.165, 1.54) is 7.05 Å². The molecule has 19 heavy (non-hydrogen) atoms. The molecule has 1 rings (SSSR count). The van der Waals surface area contributed by atoms with Crippen LogP contribution in [-0.4, -0.2) is 31.2 Å². The number of aromatic nitrogens is 1. The number of hydrogen-bond donors (Lipinski definition) is 2. The molecule has 0 aliphatic heterocycles. The Morgan fingerprint density at radius 2 is 2.00 bits per heavy atom. The highest BCUT2D eigenvalue weighted by molar-refractivity contribution is 5.74. The molecule has 0 aliphatic carbocycles. The fourth-order valence-electron chi connectivity index (χ4n) is 1.29. The number of ether oxygens (including phenoxy) is 1. The van der Waals surface area contributed by atoms with Gasteiger partial charge in [-0.2, -0.15) is 13.2 Å². The molecule has 106 valence electrons. The first-order valence-corrected chi connectivity index (χ1v) is 5.53. The molecular formula is C11H14F3N3O2. The Morgan fingerprint density at radius 3 is 2.53 bits per heavy atom. The topological polar surface area (TPSA) is 63.2 Å². The molecule has 1 heterocycles. The Balaban J connectivity index is 2.86. The number of rotatable bonds is 5. The Hall–Kier alpha value is -1.99. The van der Waals surface area contributed by atoms with E-state index in [1.54, 1.807) is 6.92 Å². The summed E-state index contributed by atoms with van der Waals surface area (Å²) >= 11 is 0. The van der Waals surface area contributed by atoms with Crippen LogP contribution in [0.15, 0.2) is 12.1 Å². The summed E-state index contributed by atoms with van der Waals surface area (Å²) in [7, 11) is 1.46. The van der Waals surface area contributed by atoms with Crippen LogP contribution in [0.2, 0.25) is 0 Å². The maximum absolute atomic E-state index is 12.6. The first kappa shape index (κ1) is 15.1. The van der Waals surface area contributed by atoms with E-state index in [9.17, 15) is 18.0 Å². The lowest BCUT2D eigenvalue weighted by Gasteiger charge is -2.12. The number of alkyl halides is 3. The van der Waals surface area contributed by atoms with Crippen molar-refractivity contribution in [2.75, 3.05) is 30.8 Å². The molecule has 1 aromatic heterocycles. The Bertz CT molecular complexity index is 449. The third-order valence-electron chi connectivity index (χ3n) is 2.13. The maximum atomic E-state index is 12.6. The number of carbonyl (C=O) groups excluding carboxylic acids is 1. The van der Waals surface area contributed by atoms with Gasteiger partial charge in [0, 0.05) is 7.05 Å². The van der Waals surface area contributed by atoms with Gasteiger partial charge in [0.25, 0.3) is 0 Å². The van der Waals surface area contributed by atoms with E-state index >= 15 is 0 Å². The van der Waals surface area contributed by atoms with Gasteiger partial charge in [-0.15, -0.1) is 0 Å². The van der Waals surface area contributed by atoms with Gasteiger partial charge in [0.15, 0.2) is 0 Å². The number of hydrogen-bond acceptors (Lipinski definition) is 5. The van der Waals surface area contributed by atoms with Crippen LogP contribution in [0.5, 0.6) is 0 Å². The minimum Gasteiger partial charge on any atom is -0.465 e. The summed E-state index contributed by atoms with van der Waals surface area (Å²) in [6.45, 7) is 1.60. The van der Waals surface area contributed by atoms with Crippen LogP contribution in [-0.2, 0) is 15.7 Å². The maximum Gasteiger partial charge on any atom is 0.416 e. The lowest BCUT2D eigenvalue weighted by atomic mass is 10.2. The van der Waals surface area contributed by atoms with Crippen LogP contribution in [0.25, 0.3) is 0 Å². The molecule has 0 amide bonds. The van der Waals surface area contributed by atoms with E-state index in [0.29, 0.717) is 0 Å². The van der Waals surface area contributed by atoms with Gasteiger partial charge in [-0.25, -0.2) is 4.98 Å². The van der Waals surface area contributed by atoms with Gasteiger partial charge in [0.2, 0.25) is 0 Å². The predicted octanol–water partition coefficient (Wildman–Crippen LogP) is 2.12. The highest BCUT2D eigenvalue weighted by atomic mass is 19.4. The van der Waals surface area contributed by atoms with Crippen LogP contribution in [0, 0.1) is 0 Å². The predicted molar refractivity (Wildman–Crippen MR) is 63.9 cm³/mol. The van der Waals surface area contributed by atoms with Gasteiger partial charge in [-0.1, -0.05) is 0 Å². The number of halogens is 3. The van der Waals surface area contributed by atoms with E-state index < -0.39 is 17.7 Å². The first-order chi connectivity index (χ1) is 8.86. The second-order valence-corrected chi connectivity index (χ2v) is 3.53. The van der Waals surface area contributed by atoms with E-state index in [-0.39, 0.29) is 24.8 Å². The average molecular weight is 277 g/mol. The molecule has 0 bridgehead atoms. The van der Waals surface area contributed by atoms with Crippen molar-refractivity contribution < 1.29 is 22.7 Å². The van der Waals surface area contributed by atoms with Gasteiger partial charge in [0.05, 0.1) is 12.2 Å². The van der Waals surface area contributed by atoms with E-state index in [1.807, 2.05) is 0 Å². The summed E-state index contributed by atoms with van der Waals surface area (Å²) in [6.07, 6.45) is -4.48. The first-order valence-electron chi connectivity index (χ1n) is 5.53. The van der Waals surface area contributed by atoms with Crippen molar-refractivity contribution in [3.8, 4) is 0 Å². The molecule has 0 fully saturated rings. The monoisotopic (exact) mass is 277 g/mol. The van der Waals surface area contributed by atoms with Gasteiger partial charge in [-0.05, 0) is 19.1 Å². The summed E-state index contributed by atoms with van der Waals surface area (Å²) < 4.78 is 42.5. The minimum atomic E-state index is -4.48. The third-order valence-corrected chi connectivity index (χ3v) is 2.13. The Kier molecular flexibility index (Phi) is 4.96. The van der Waals surface area contributed by atoms with Crippen LogP contribution >= 0.6 is 0 Å². The van der Waals surface area contributed by atoms with Gasteiger partial charge < -0.3 is 15.4 Å². The molecule has 5 nitrogen and oxygen atoms in total. The van der Waals surface area contributed by atoms with Crippen molar-refractivity contribution in [3.63, 3.8) is 0 Å². The van der Waals surface area contributed by atoms with E-state index in [0.717, 1.165) is 12.1 Å². The van der Waals surface area contributed by atoms with Crippen LogP contribution in [0.4, 0.5) is 24.8 Å². The summed E-state index contributed by atoms with van der Waals surface area (Å²) in [5.41, 5.74) is -0.849. The quantitative estimate of drug-likeness (QED) is 0.807. The molecule has 8 heteroatoms. The van der Waals surface area contributed by atoms with E-state index in [2.05, 4.69) is 20.4 Å². The van der Waals surface area contributed by atoms with Gasteiger partial charge in [-0.3, -0.25) is 4.79 Å². The molecule has 0 radical (unpaired) electrons. The third kappa shape index (κ3) is 4.65. The van der Waals surface area contributed by atoms with Crippen molar-refractivity contribution in [2.24, 2.45) is 0 Å². The average Bonchev–Trinajstić information content (AvgIpc) is 2.35. The van der Waals surface area contributed by atoms with Gasteiger partial charge in [0.1, 0.15) is 18.2 Å². The number of nitrogens with zero attached hydrogens (tertiary/aromatic N) is 1. The molecule has 0 saturated heterocycles. The molecule has 1 aromatic rings. The Morgan fingerprint density at radius 1 is 1.37 bits per heavy atom. The van der Waals surface area contributed by atoms with Crippen LogP contribution in [0.1, 0.15) is 12.5 Å². The smallest absolute Gasteiger partial charge is 0.416 e. The molecule has 0 unspecified atom stereocenters. The summed E-state index contributed by atoms with van der Waals surface area (Å²) in [5.74, 6) is -0.555. The van der Waals surface area contributed by atoms with Crippen molar-refractivity contribution in [1.29, 1.82) is 0 Å². The fourth-order valence-corrected chi connectivity index (χ4v) is 1.29. The number of pyridine rings is 1. The molecule has 2 N–H and O–H groups in total. The van der Waals surface area contributed by atoms with Crippen molar-refractivity contribution in [2.45, 2.75) is 13.1 Å². The zero-order valence-electron chi connectivity index (χ0n) is 10.5. The van der Waals surface area contributed by atoms with Crippen molar-refractivity contribution >= 4 is 17.6 Å². The summed E-state index contributed by atoms with van der Waals surface area (Å²) in [5, 5.41) is 5.02. The van der Waals surface area contributed by atoms with Gasteiger partial charge >= 0.3 is 12.1 Å². The number of esters is 1. The molecule has 0 spiro atoms. The molecular weight excluding hydrogens is 263 g/mol. The molecule has 0 atom stereocenters. The lowest BCUT2D eigenvalue weighted by Crippen LogP contribution is -2.18.